The second-order valence-corrected chi connectivity index (χ2v) is 2.51. The Labute approximate surface area is 77.0 Å². The van der Waals surface area contributed by atoms with Crippen molar-refractivity contribution in [3.8, 4) is 0 Å². The fraction of sp³-hybridized carbons (Fsp3) is 0.900. The Balaban J connectivity index is 0. The van der Waals surface area contributed by atoms with Gasteiger partial charge < -0.3 is 4.90 Å². The minimum Gasteiger partial charge on any atom is -0.343 e. The van der Waals surface area contributed by atoms with Gasteiger partial charge in [-0.2, -0.15) is 0 Å². The molecule has 0 aromatic rings. The van der Waals surface area contributed by atoms with E-state index in [-0.39, 0.29) is 5.91 Å². The Morgan fingerprint density at radius 1 is 1.08 bits per heavy atom. The summed E-state index contributed by atoms with van der Waals surface area (Å²) in [4.78, 5) is 12.7. The van der Waals surface area contributed by atoms with Gasteiger partial charge in [-0.1, -0.05) is 27.7 Å². The van der Waals surface area contributed by atoms with Crippen LogP contribution in [0.1, 0.15) is 47.5 Å². The SMILES string of the molecule is CC.CCCN(CCC)C(C)=O. The average molecular weight is 173 g/mol. The highest BCUT2D eigenvalue weighted by molar-refractivity contribution is 5.73. The summed E-state index contributed by atoms with van der Waals surface area (Å²) in [7, 11) is 0. The molecule has 0 bridgehead atoms. The van der Waals surface area contributed by atoms with E-state index in [1.54, 1.807) is 6.92 Å². The fourth-order valence-electron chi connectivity index (χ4n) is 0.967. The van der Waals surface area contributed by atoms with Crippen LogP contribution in [0, 0.1) is 0 Å². The molecule has 0 rings (SSSR count). The van der Waals surface area contributed by atoms with E-state index in [4.69, 9.17) is 0 Å². The predicted octanol–water partition coefficient (Wildman–Crippen LogP) is 2.68. The lowest BCUT2D eigenvalue weighted by atomic mass is 10.3. The van der Waals surface area contributed by atoms with Crippen molar-refractivity contribution in [2.45, 2.75) is 47.5 Å². The van der Waals surface area contributed by atoms with Gasteiger partial charge in [-0.05, 0) is 12.8 Å². The number of carbonyl (C=O) groups is 1. The number of hydrogen-bond acceptors (Lipinski definition) is 1. The van der Waals surface area contributed by atoms with Crippen molar-refractivity contribution >= 4 is 5.91 Å². The maximum atomic E-state index is 10.8. The van der Waals surface area contributed by atoms with E-state index >= 15 is 0 Å². The van der Waals surface area contributed by atoms with Gasteiger partial charge in [-0.25, -0.2) is 0 Å². The molecule has 0 heterocycles. The molecule has 0 fully saturated rings. The number of nitrogens with zero attached hydrogens (tertiary/aromatic N) is 1. The first kappa shape index (κ1) is 14.0. The van der Waals surface area contributed by atoms with Crippen LogP contribution in [0.4, 0.5) is 0 Å². The molecular formula is C10H23NO. The highest BCUT2D eigenvalue weighted by atomic mass is 16.2. The van der Waals surface area contributed by atoms with Crippen LogP contribution in [0.3, 0.4) is 0 Å². The van der Waals surface area contributed by atoms with E-state index in [0.29, 0.717) is 0 Å². The van der Waals surface area contributed by atoms with Gasteiger partial charge in [0.15, 0.2) is 0 Å². The first-order chi connectivity index (χ1) is 5.72. The molecule has 0 saturated heterocycles. The van der Waals surface area contributed by atoms with Crippen molar-refractivity contribution in [1.29, 1.82) is 0 Å². The normalized spacial score (nSPS) is 8.42. The molecule has 0 aliphatic rings. The van der Waals surface area contributed by atoms with Crippen LogP contribution in [0.2, 0.25) is 0 Å². The zero-order chi connectivity index (χ0) is 9.98. The first-order valence-corrected chi connectivity index (χ1v) is 4.97. The minimum atomic E-state index is 0.198. The fourth-order valence-corrected chi connectivity index (χ4v) is 0.967. The predicted molar refractivity (Wildman–Crippen MR) is 54.2 cm³/mol. The van der Waals surface area contributed by atoms with Crippen molar-refractivity contribution in [2.75, 3.05) is 13.1 Å². The van der Waals surface area contributed by atoms with E-state index in [9.17, 15) is 4.79 Å². The molecule has 0 radical (unpaired) electrons. The molecular weight excluding hydrogens is 150 g/mol. The molecule has 0 unspecified atom stereocenters. The molecule has 0 atom stereocenters. The second kappa shape index (κ2) is 10.5. The highest BCUT2D eigenvalue weighted by Gasteiger charge is 2.03. The van der Waals surface area contributed by atoms with Gasteiger partial charge in [0, 0.05) is 20.0 Å². The maximum Gasteiger partial charge on any atom is 0.219 e. The molecule has 12 heavy (non-hydrogen) atoms. The third kappa shape index (κ3) is 7.58. The lowest BCUT2D eigenvalue weighted by molar-refractivity contribution is -0.128. The van der Waals surface area contributed by atoms with Gasteiger partial charge >= 0.3 is 0 Å². The molecule has 0 aromatic heterocycles. The van der Waals surface area contributed by atoms with E-state index in [0.717, 1.165) is 25.9 Å². The van der Waals surface area contributed by atoms with Crippen LogP contribution < -0.4 is 0 Å². The molecule has 0 saturated carbocycles. The summed E-state index contributed by atoms with van der Waals surface area (Å²) in [6.07, 6.45) is 2.11. The van der Waals surface area contributed by atoms with Gasteiger partial charge in [0.25, 0.3) is 0 Å². The smallest absolute Gasteiger partial charge is 0.219 e. The van der Waals surface area contributed by atoms with Gasteiger partial charge in [0.2, 0.25) is 5.91 Å². The number of rotatable bonds is 4. The van der Waals surface area contributed by atoms with Crippen LogP contribution in [-0.2, 0) is 4.79 Å². The Bertz CT molecular complexity index is 96.0. The molecule has 0 N–H and O–H groups in total. The summed E-state index contributed by atoms with van der Waals surface area (Å²) in [6.45, 7) is 11.6. The minimum absolute atomic E-state index is 0.198. The summed E-state index contributed by atoms with van der Waals surface area (Å²) in [5, 5.41) is 0. The van der Waals surface area contributed by atoms with Crippen LogP contribution in [-0.4, -0.2) is 23.9 Å². The molecule has 0 aromatic carbocycles. The van der Waals surface area contributed by atoms with Crippen LogP contribution in [0.25, 0.3) is 0 Å². The molecule has 1 amide bonds. The third-order valence-corrected chi connectivity index (χ3v) is 1.43. The second-order valence-electron chi connectivity index (χ2n) is 2.51. The van der Waals surface area contributed by atoms with E-state index < -0.39 is 0 Å². The molecule has 0 aliphatic carbocycles. The van der Waals surface area contributed by atoms with E-state index in [1.165, 1.54) is 0 Å². The Hall–Kier alpha value is -0.530. The molecule has 74 valence electrons. The summed E-state index contributed by atoms with van der Waals surface area (Å²) < 4.78 is 0. The summed E-state index contributed by atoms with van der Waals surface area (Å²) >= 11 is 0. The van der Waals surface area contributed by atoms with Gasteiger partial charge in [-0.15, -0.1) is 0 Å². The van der Waals surface area contributed by atoms with Gasteiger partial charge in [-0.3, -0.25) is 4.79 Å². The Morgan fingerprint density at radius 3 is 1.58 bits per heavy atom. The zero-order valence-electron chi connectivity index (χ0n) is 9.18. The van der Waals surface area contributed by atoms with Gasteiger partial charge in [0.1, 0.15) is 0 Å². The van der Waals surface area contributed by atoms with Gasteiger partial charge in [0.05, 0.1) is 0 Å². The first-order valence-electron chi connectivity index (χ1n) is 4.97. The van der Waals surface area contributed by atoms with E-state index in [1.807, 2.05) is 18.7 Å². The summed E-state index contributed by atoms with van der Waals surface area (Å²) in [6, 6.07) is 0. The average Bonchev–Trinajstić information content (AvgIpc) is 2.08. The lowest BCUT2D eigenvalue weighted by Crippen LogP contribution is -2.29. The van der Waals surface area contributed by atoms with Crippen molar-refractivity contribution in [3.63, 3.8) is 0 Å². The molecule has 2 heteroatoms. The monoisotopic (exact) mass is 173 g/mol. The van der Waals surface area contributed by atoms with Crippen LogP contribution in [0.5, 0.6) is 0 Å². The Morgan fingerprint density at radius 2 is 1.42 bits per heavy atom. The number of hydrogen-bond donors (Lipinski definition) is 0. The topological polar surface area (TPSA) is 20.3 Å². The maximum absolute atomic E-state index is 10.8. The number of carbonyl (C=O) groups excluding carboxylic acids is 1. The van der Waals surface area contributed by atoms with Crippen molar-refractivity contribution in [1.82, 2.24) is 4.90 Å². The zero-order valence-corrected chi connectivity index (χ0v) is 9.18. The summed E-state index contributed by atoms with van der Waals surface area (Å²) in [5.74, 6) is 0.198. The standard InChI is InChI=1S/C8H17NO.C2H6/c1-4-6-9(7-5-2)8(3)10;1-2/h4-7H2,1-3H3;1-2H3. The molecule has 0 aliphatic heterocycles. The molecule has 2 nitrogen and oxygen atoms in total. The van der Waals surface area contributed by atoms with Crippen molar-refractivity contribution in [3.05, 3.63) is 0 Å². The largest absolute Gasteiger partial charge is 0.343 e. The summed E-state index contributed by atoms with van der Waals surface area (Å²) in [5.41, 5.74) is 0. The van der Waals surface area contributed by atoms with Crippen molar-refractivity contribution < 1.29 is 4.79 Å². The lowest BCUT2D eigenvalue weighted by Gasteiger charge is -2.18. The highest BCUT2D eigenvalue weighted by Crippen LogP contribution is 1.93. The quantitative estimate of drug-likeness (QED) is 0.640. The third-order valence-electron chi connectivity index (χ3n) is 1.43. The van der Waals surface area contributed by atoms with E-state index in [2.05, 4.69) is 13.8 Å². The van der Waals surface area contributed by atoms with Crippen LogP contribution in [0.15, 0.2) is 0 Å². The molecule has 0 spiro atoms. The van der Waals surface area contributed by atoms with Crippen molar-refractivity contribution in [2.24, 2.45) is 0 Å². The van der Waals surface area contributed by atoms with Crippen LogP contribution >= 0.6 is 0 Å². The Kier molecular flexibility index (Phi) is 12.2. The number of amides is 1.